The van der Waals surface area contributed by atoms with Crippen LogP contribution in [0.3, 0.4) is 0 Å². The van der Waals surface area contributed by atoms with E-state index in [9.17, 15) is 4.79 Å². The molecule has 0 fully saturated rings. The third kappa shape index (κ3) is 3.31. The van der Waals surface area contributed by atoms with Gasteiger partial charge >= 0.3 is 0 Å². The van der Waals surface area contributed by atoms with Gasteiger partial charge in [-0.1, -0.05) is 18.2 Å². The quantitative estimate of drug-likeness (QED) is 0.732. The lowest BCUT2D eigenvalue weighted by Crippen LogP contribution is -2.22. The Morgan fingerprint density at radius 2 is 2.00 bits per heavy atom. The summed E-state index contributed by atoms with van der Waals surface area (Å²) in [6.07, 6.45) is 0. The standard InChI is InChI=1S/C17H16N2O2S/c1-11(22-14-6-4-3-5-7-14)17(20)19-13-8-9-16-15(10-13)18-12(2)21-16/h3-11H,1-2H3,(H,19,20). The molecule has 0 spiro atoms. The predicted octanol–water partition coefficient (Wildman–Crippen LogP) is 4.26. The van der Waals surface area contributed by atoms with Crippen molar-refractivity contribution >= 4 is 34.5 Å². The number of rotatable bonds is 4. The van der Waals surface area contributed by atoms with E-state index in [0.29, 0.717) is 5.89 Å². The molecule has 22 heavy (non-hydrogen) atoms. The molecule has 4 nitrogen and oxygen atoms in total. The van der Waals surface area contributed by atoms with E-state index >= 15 is 0 Å². The summed E-state index contributed by atoms with van der Waals surface area (Å²) in [6.45, 7) is 3.70. The number of amides is 1. The monoisotopic (exact) mass is 312 g/mol. The highest BCUT2D eigenvalue weighted by molar-refractivity contribution is 8.00. The van der Waals surface area contributed by atoms with Crippen molar-refractivity contribution in [2.45, 2.75) is 24.0 Å². The Bertz CT molecular complexity index is 799. The van der Waals surface area contributed by atoms with Gasteiger partial charge in [-0.2, -0.15) is 0 Å². The molecule has 1 N–H and O–H groups in total. The Hall–Kier alpha value is -2.27. The highest BCUT2D eigenvalue weighted by Crippen LogP contribution is 2.25. The molecule has 5 heteroatoms. The molecule has 1 heterocycles. The lowest BCUT2D eigenvalue weighted by molar-refractivity contribution is -0.115. The fourth-order valence-electron chi connectivity index (χ4n) is 2.12. The molecule has 0 radical (unpaired) electrons. The summed E-state index contributed by atoms with van der Waals surface area (Å²) in [5, 5.41) is 2.74. The van der Waals surface area contributed by atoms with E-state index in [2.05, 4.69) is 10.3 Å². The van der Waals surface area contributed by atoms with Crippen LogP contribution >= 0.6 is 11.8 Å². The largest absolute Gasteiger partial charge is 0.441 e. The van der Waals surface area contributed by atoms with Gasteiger partial charge in [0.05, 0.1) is 5.25 Å². The van der Waals surface area contributed by atoms with Crippen LogP contribution in [0.5, 0.6) is 0 Å². The van der Waals surface area contributed by atoms with Gasteiger partial charge < -0.3 is 9.73 Å². The van der Waals surface area contributed by atoms with Crippen LogP contribution in [-0.4, -0.2) is 16.1 Å². The summed E-state index contributed by atoms with van der Waals surface area (Å²) in [4.78, 5) is 17.6. The average molecular weight is 312 g/mol. The molecular formula is C17H16N2O2S. The van der Waals surface area contributed by atoms with Crippen molar-refractivity contribution in [1.29, 1.82) is 0 Å². The second-order valence-electron chi connectivity index (χ2n) is 4.98. The minimum absolute atomic E-state index is 0.0339. The first kappa shape index (κ1) is 14.7. The van der Waals surface area contributed by atoms with E-state index in [4.69, 9.17) is 4.42 Å². The van der Waals surface area contributed by atoms with Gasteiger partial charge in [-0.15, -0.1) is 11.8 Å². The number of fused-ring (bicyclic) bond motifs is 1. The number of nitrogens with zero attached hydrogens (tertiary/aromatic N) is 1. The van der Waals surface area contributed by atoms with Gasteiger partial charge in [0, 0.05) is 17.5 Å². The number of oxazole rings is 1. The van der Waals surface area contributed by atoms with E-state index in [1.54, 1.807) is 6.92 Å². The Morgan fingerprint density at radius 1 is 1.23 bits per heavy atom. The van der Waals surface area contributed by atoms with Crippen LogP contribution in [0.15, 0.2) is 57.8 Å². The molecule has 0 saturated heterocycles. The van der Waals surface area contributed by atoms with Crippen molar-refractivity contribution in [3.8, 4) is 0 Å². The van der Waals surface area contributed by atoms with Crippen LogP contribution in [0.2, 0.25) is 0 Å². The van der Waals surface area contributed by atoms with Gasteiger partial charge in [0.25, 0.3) is 0 Å². The van der Waals surface area contributed by atoms with Gasteiger partial charge in [0.2, 0.25) is 5.91 Å². The third-order valence-corrected chi connectivity index (χ3v) is 4.30. The zero-order valence-electron chi connectivity index (χ0n) is 12.4. The summed E-state index contributed by atoms with van der Waals surface area (Å²) in [6, 6.07) is 15.4. The maximum Gasteiger partial charge on any atom is 0.237 e. The molecule has 0 bridgehead atoms. The molecule has 2 aromatic carbocycles. The van der Waals surface area contributed by atoms with Crippen molar-refractivity contribution in [3.05, 3.63) is 54.4 Å². The molecule has 1 amide bonds. The third-order valence-electron chi connectivity index (χ3n) is 3.19. The average Bonchev–Trinajstić information content (AvgIpc) is 2.87. The topological polar surface area (TPSA) is 55.1 Å². The van der Waals surface area contributed by atoms with Crippen LogP contribution in [0.25, 0.3) is 11.1 Å². The molecule has 1 unspecified atom stereocenters. The summed E-state index contributed by atoms with van der Waals surface area (Å²) in [7, 11) is 0. The fourth-order valence-corrected chi connectivity index (χ4v) is 3.01. The van der Waals surface area contributed by atoms with Crippen LogP contribution in [0.1, 0.15) is 12.8 Å². The minimum atomic E-state index is -0.183. The number of thioether (sulfide) groups is 1. The summed E-state index contributed by atoms with van der Waals surface area (Å²) < 4.78 is 5.43. The highest BCUT2D eigenvalue weighted by Gasteiger charge is 2.15. The molecular weight excluding hydrogens is 296 g/mol. The van der Waals surface area contributed by atoms with Crippen molar-refractivity contribution in [2.24, 2.45) is 0 Å². The molecule has 1 aromatic heterocycles. The first-order chi connectivity index (χ1) is 10.6. The Kier molecular flexibility index (Phi) is 4.15. The van der Waals surface area contributed by atoms with Crippen LogP contribution < -0.4 is 5.32 Å². The smallest absolute Gasteiger partial charge is 0.237 e. The van der Waals surface area contributed by atoms with Gasteiger partial charge in [-0.25, -0.2) is 4.98 Å². The fraction of sp³-hybridized carbons (Fsp3) is 0.176. The maximum atomic E-state index is 12.3. The lowest BCUT2D eigenvalue weighted by atomic mass is 10.3. The second kappa shape index (κ2) is 6.23. The molecule has 0 saturated carbocycles. The van der Waals surface area contributed by atoms with Gasteiger partial charge in [0.1, 0.15) is 5.52 Å². The van der Waals surface area contributed by atoms with Gasteiger partial charge in [0.15, 0.2) is 11.5 Å². The van der Waals surface area contributed by atoms with Gasteiger partial charge in [-0.3, -0.25) is 4.79 Å². The molecule has 0 aliphatic carbocycles. The summed E-state index contributed by atoms with van der Waals surface area (Å²) in [5.74, 6) is 0.583. The molecule has 0 aliphatic heterocycles. The number of hydrogen-bond donors (Lipinski definition) is 1. The van der Waals surface area contributed by atoms with Crippen LogP contribution in [-0.2, 0) is 4.79 Å². The van der Waals surface area contributed by atoms with Crippen LogP contribution in [0, 0.1) is 6.92 Å². The Morgan fingerprint density at radius 3 is 2.77 bits per heavy atom. The van der Waals surface area contributed by atoms with Crippen molar-refractivity contribution < 1.29 is 9.21 Å². The van der Waals surface area contributed by atoms with E-state index in [1.807, 2.05) is 55.5 Å². The minimum Gasteiger partial charge on any atom is -0.441 e. The van der Waals surface area contributed by atoms with E-state index in [1.165, 1.54) is 11.8 Å². The van der Waals surface area contributed by atoms with Crippen LogP contribution in [0.4, 0.5) is 5.69 Å². The number of aryl methyl sites for hydroxylation is 1. The predicted molar refractivity (Wildman–Crippen MR) is 89.1 cm³/mol. The molecule has 0 aliphatic rings. The number of hydrogen-bond acceptors (Lipinski definition) is 4. The summed E-state index contributed by atoms with van der Waals surface area (Å²) in [5.41, 5.74) is 2.20. The molecule has 1 atom stereocenters. The second-order valence-corrected chi connectivity index (χ2v) is 6.39. The Balaban J connectivity index is 1.69. The number of benzene rings is 2. The first-order valence-corrected chi connectivity index (χ1v) is 7.89. The van der Waals surface area contributed by atoms with E-state index < -0.39 is 0 Å². The lowest BCUT2D eigenvalue weighted by Gasteiger charge is -2.11. The number of aromatic nitrogens is 1. The first-order valence-electron chi connectivity index (χ1n) is 7.01. The van der Waals surface area contributed by atoms with Gasteiger partial charge in [-0.05, 0) is 37.3 Å². The summed E-state index contributed by atoms with van der Waals surface area (Å²) >= 11 is 1.53. The van der Waals surface area contributed by atoms with Crippen molar-refractivity contribution in [3.63, 3.8) is 0 Å². The zero-order chi connectivity index (χ0) is 15.5. The Labute approximate surface area is 132 Å². The molecule has 3 aromatic rings. The molecule has 112 valence electrons. The van der Waals surface area contributed by atoms with Crippen molar-refractivity contribution in [2.75, 3.05) is 5.32 Å². The highest BCUT2D eigenvalue weighted by atomic mass is 32.2. The number of anilines is 1. The number of nitrogens with one attached hydrogen (secondary N) is 1. The number of carbonyl (C=O) groups is 1. The zero-order valence-corrected chi connectivity index (χ0v) is 13.2. The number of carbonyl (C=O) groups excluding carboxylic acids is 1. The van der Waals surface area contributed by atoms with E-state index in [-0.39, 0.29) is 11.2 Å². The SMILES string of the molecule is Cc1nc2cc(NC(=O)C(C)Sc3ccccc3)ccc2o1. The molecule has 3 rings (SSSR count). The normalized spacial score (nSPS) is 12.3. The van der Waals surface area contributed by atoms with E-state index in [0.717, 1.165) is 21.7 Å². The maximum absolute atomic E-state index is 12.3. The van der Waals surface area contributed by atoms with Crippen molar-refractivity contribution in [1.82, 2.24) is 4.98 Å².